The second-order valence-electron chi connectivity index (χ2n) is 14.2. The zero-order chi connectivity index (χ0) is 35.6. The molecule has 0 unspecified atom stereocenters. The monoisotopic (exact) mass is 699 g/mol. The van der Waals surface area contributed by atoms with Gasteiger partial charge in [-0.1, -0.05) is 180 Å². The molecular weight excluding hydrogens is 667 g/mol. The van der Waals surface area contributed by atoms with Crippen molar-refractivity contribution in [1.82, 2.24) is 4.57 Å². The van der Waals surface area contributed by atoms with Crippen LogP contribution in [0.3, 0.4) is 0 Å². The predicted octanol–water partition coefficient (Wildman–Crippen LogP) is 12.4. The fraction of sp³-hybridized carbons (Fsp3) is 0. The maximum atomic E-state index is 2.47. The number of fused-ring (bicyclic) bond motifs is 8. The van der Waals surface area contributed by atoms with Crippen molar-refractivity contribution in [3.63, 3.8) is 0 Å². The first-order valence-electron chi connectivity index (χ1n) is 18.6. The van der Waals surface area contributed by atoms with Crippen molar-refractivity contribution < 1.29 is 0 Å². The van der Waals surface area contributed by atoms with Gasteiger partial charge in [-0.3, -0.25) is 0 Å². The highest BCUT2D eigenvalue weighted by Gasteiger charge is 2.20. The molecule has 54 heavy (non-hydrogen) atoms. The molecule has 0 aliphatic carbocycles. The van der Waals surface area contributed by atoms with E-state index in [9.17, 15) is 0 Å². The topological polar surface area (TPSA) is 4.93 Å². The van der Waals surface area contributed by atoms with Gasteiger partial charge in [0.05, 0.1) is 11.0 Å². The van der Waals surface area contributed by atoms with Gasteiger partial charge < -0.3 is 4.57 Å². The number of rotatable bonds is 5. The van der Waals surface area contributed by atoms with E-state index in [4.69, 9.17) is 0 Å². The lowest BCUT2D eigenvalue weighted by Crippen LogP contribution is -2.26. The molecule has 250 valence electrons. The Hall–Kier alpha value is -6.74. The normalized spacial score (nSPS) is 11.8. The van der Waals surface area contributed by atoms with E-state index in [1.54, 1.807) is 0 Å². The maximum absolute atomic E-state index is 2.47. The number of aromatic nitrogens is 1. The molecule has 10 aromatic carbocycles. The standard InChI is InChI=1S/C52H33NSi/c1-2-15-37(16-3-1)54-38-30-31-46-48(33-38)51(34-26-28-36(29-27-34)53-49-24-12-10-20-42(49)43-21-11-13-25-50(43)53)44-22-8-9-23-45(44)52(46)47-32-35-14-4-5-17-39(35)40-18-6-7-19-41(40)47/h1-33H. The van der Waals surface area contributed by atoms with Crippen molar-refractivity contribution in [2.24, 2.45) is 0 Å². The summed E-state index contributed by atoms with van der Waals surface area (Å²) in [7, 11) is 0.566. The van der Waals surface area contributed by atoms with Gasteiger partial charge in [0.1, 0.15) is 9.52 Å². The Labute approximate surface area is 316 Å². The molecule has 1 nitrogen and oxygen atoms in total. The van der Waals surface area contributed by atoms with E-state index >= 15 is 0 Å². The van der Waals surface area contributed by atoms with Crippen molar-refractivity contribution in [3.8, 4) is 27.9 Å². The van der Waals surface area contributed by atoms with Crippen molar-refractivity contribution in [2.75, 3.05) is 0 Å². The predicted molar refractivity (Wildman–Crippen MR) is 233 cm³/mol. The minimum Gasteiger partial charge on any atom is -0.309 e. The summed E-state index contributed by atoms with van der Waals surface area (Å²) in [4.78, 5) is 0. The van der Waals surface area contributed by atoms with Gasteiger partial charge in [-0.2, -0.15) is 0 Å². The summed E-state index contributed by atoms with van der Waals surface area (Å²) >= 11 is 0. The molecule has 0 N–H and O–H groups in total. The first kappa shape index (κ1) is 30.8. The number of hydrogen-bond donors (Lipinski definition) is 0. The highest BCUT2D eigenvalue weighted by atomic mass is 28.2. The third kappa shape index (κ3) is 4.85. The van der Waals surface area contributed by atoms with E-state index in [-0.39, 0.29) is 0 Å². The van der Waals surface area contributed by atoms with Gasteiger partial charge in [0, 0.05) is 16.5 Å². The van der Waals surface area contributed by atoms with E-state index in [1.165, 1.54) is 97.5 Å². The minimum absolute atomic E-state index is 0.566. The minimum atomic E-state index is 0.566. The molecule has 0 aliphatic heterocycles. The van der Waals surface area contributed by atoms with Crippen LogP contribution in [0, 0.1) is 0 Å². The SMILES string of the molecule is c1ccc([Si]c2ccc3c(-c4cc5ccccc5c5ccccc45)c4ccccc4c(-c4ccc(-n5c6ccccc6c6ccccc65)cc4)c3c2)cc1. The van der Waals surface area contributed by atoms with Crippen LogP contribution in [-0.4, -0.2) is 14.1 Å². The second kappa shape index (κ2) is 12.4. The van der Waals surface area contributed by atoms with E-state index in [1.807, 2.05) is 0 Å². The van der Waals surface area contributed by atoms with Crippen LogP contribution in [0.2, 0.25) is 0 Å². The molecule has 0 atom stereocenters. The Morgan fingerprint density at radius 1 is 0.315 bits per heavy atom. The quantitative estimate of drug-likeness (QED) is 0.0957. The van der Waals surface area contributed by atoms with Crippen LogP contribution in [0.1, 0.15) is 0 Å². The molecule has 0 bridgehead atoms. The van der Waals surface area contributed by atoms with E-state index in [0.29, 0.717) is 9.52 Å². The molecule has 0 spiro atoms. The van der Waals surface area contributed by atoms with Gasteiger partial charge in [0.2, 0.25) is 0 Å². The number of benzene rings is 10. The molecular formula is C52H33NSi. The Morgan fingerprint density at radius 3 is 1.56 bits per heavy atom. The Kier molecular flexibility index (Phi) is 7.11. The van der Waals surface area contributed by atoms with Crippen LogP contribution in [0.25, 0.3) is 92.8 Å². The largest absolute Gasteiger partial charge is 0.309 e. The van der Waals surface area contributed by atoms with Gasteiger partial charge >= 0.3 is 0 Å². The third-order valence-electron chi connectivity index (χ3n) is 11.1. The summed E-state index contributed by atoms with van der Waals surface area (Å²) in [6.07, 6.45) is 0. The van der Waals surface area contributed by atoms with E-state index < -0.39 is 0 Å². The molecule has 2 radical (unpaired) electrons. The van der Waals surface area contributed by atoms with Gasteiger partial charge in [-0.15, -0.1) is 0 Å². The lowest BCUT2D eigenvalue weighted by atomic mass is 9.84. The summed E-state index contributed by atoms with van der Waals surface area (Å²) < 4.78 is 2.40. The number of nitrogens with zero attached hydrogens (tertiary/aromatic N) is 1. The lowest BCUT2D eigenvalue weighted by molar-refractivity contribution is 1.18. The summed E-state index contributed by atoms with van der Waals surface area (Å²) in [6.45, 7) is 0. The fourth-order valence-electron chi connectivity index (χ4n) is 8.78. The highest BCUT2D eigenvalue weighted by Crippen LogP contribution is 2.46. The maximum Gasteiger partial charge on any atom is 0.121 e. The Morgan fingerprint density at radius 2 is 0.852 bits per heavy atom. The average molecular weight is 700 g/mol. The van der Waals surface area contributed by atoms with Crippen molar-refractivity contribution >= 4 is 84.8 Å². The zero-order valence-electron chi connectivity index (χ0n) is 29.5. The fourth-order valence-corrected chi connectivity index (χ4v) is 9.86. The number of hydrogen-bond acceptors (Lipinski definition) is 0. The Balaban J connectivity index is 1.19. The van der Waals surface area contributed by atoms with Crippen LogP contribution in [-0.2, 0) is 0 Å². The summed E-state index contributed by atoms with van der Waals surface area (Å²) in [5, 5.41) is 15.4. The van der Waals surface area contributed by atoms with Crippen molar-refractivity contribution in [2.45, 2.75) is 0 Å². The lowest BCUT2D eigenvalue weighted by Gasteiger charge is -2.20. The summed E-state index contributed by atoms with van der Waals surface area (Å²) in [5.74, 6) is 0. The van der Waals surface area contributed by atoms with Crippen LogP contribution in [0.5, 0.6) is 0 Å². The van der Waals surface area contributed by atoms with Crippen LogP contribution < -0.4 is 10.4 Å². The highest BCUT2D eigenvalue weighted by molar-refractivity contribution is 6.67. The molecule has 0 amide bonds. The third-order valence-corrected chi connectivity index (χ3v) is 12.3. The first-order chi connectivity index (χ1) is 26.8. The molecule has 0 saturated heterocycles. The van der Waals surface area contributed by atoms with Crippen LogP contribution >= 0.6 is 0 Å². The zero-order valence-corrected chi connectivity index (χ0v) is 30.5. The van der Waals surface area contributed by atoms with Gasteiger partial charge in [-0.25, -0.2) is 0 Å². The van der Waals surface area contributed by atoms with Gasteiger partial charge in [0.15, 0.2) is 0 Å². The first-order valence-corrected chi connectivity index (χ1v) is 19.6. The summed E-state index contributed by atoms with van der Waals surface area (Å²) in [5.41, 5.74) is 8.68. The van der Waals surface area contributed by atoms with E-state index in [0.717, 1.165) is 5.69 Å². The van der Waals surface area contributed by atoms with E-state index in [2.05, 4.69) is 205 Å². The second-order valence-corrected chi connectivity index (χ2v) is 15.6. The Bertz CT molecular complexity index is 3170. The smallest absolute Gasteiger partial charge is 0.121 e. The van der Waals surface area contributed by atoms with Crippen LogP contribution in [0.15, 0.2) is 200 Å². The van der Waals surface area contributed by atoms with Crippen molar-refractivity contribution in [3.05, 3.63) is 200 Å². The molecule has 0 aliphatic rings. The molecule has 11 aromatic rings. The average Bonchev–Trinajstić information content (AvgIpc) is 3.57. The van der Waals surface area contributed by atoms with Crippen molar-refractivity contribution in [1.29, 1.82) is 0 Å². The van der Waals surface area contributed by atoms with Gasteiger partial charge in [-0.05, 0) is 95.7 Å². The molecule has 11 rings (SSSR count). The van der Waals surface area contributed by atoms with Crippen LogP contribution in [0.4, 0.5) is 0 Å². The summed E-state index contributed by atoms with van der Waals surface area (Å²) in [6, 6.07) is 74.0. The molecule has 0 saturated carbocycles. The molecule has 1 aromatic heterocycles. The molecule has 1 heterocycles. The van der Waals surface area contributed by atoms with Gasteiger partial charge in [0.25, 0.3) is 0 Å². The molecule has 0 fully saturated rings. The number of para-hydroxylation sites is 2. The molecule has 2 heteroatoms.